The third-order valence-electron chi connectivity index (χ3n) is 7.03. The molecule has 3 fully saturated rings. The van der Waals surface area contributed by atoms with Crippen LogP contribution in [0.25, 0.3) is 10.9 Å². The van der Waals surface area contributed by atoms with E-state index in [2.05, 4.69) is 47.7 Å². The minimum atomic E-state index is 0.291. The van der Waals surface area contributed by atoms with Crippen molar-refractivity contribution in [3.8, 4) is 5.75 Å². The van der Waals surface area contributed by atoms with E-state index >= 15 is 0 Å². The van der Waals surface area contributed by atoms with Crippen molar-refractivity contribution >= 4 is 10.9 Å². The highest BCUT2D eigenvalue weighted by atomic mass is 16.5. The fourth-order valence-electron chi connectivity index (χ4n) is 5.86. The number of methoxy groups -OCH3 is 1. The Labute approximate surface area is 148 Å². The predicted molar refractivity (Wildman–Crippen MR) is 98.8 cm³/mol. The Balaban J connectivity index is 1.71. The summed E-state index contributed by atoms with van der Waals surface area (Å²) < 4.78 is 7.87. The van der Waals surface area contributed by atoms with Crippen LogP contribution in [0.1, 0.15) is 30.6 Å². The Bertz CT molecular complexity index is 882. The summed E-state index contributed by atoms with van der Waals surface area (Å²) >= 11 is 0. The number of rotatable bonds is 2. The van der Waals surface area contributed by atoms with E-state index in [4.69, 9.17) is 4.74 Å². The molecule has 0 amide bonds. The maximum Gasteiger partial charge on any atom is 0.119 e. The van der Waals surface area contributed by atoms with Crippen LogP contribution < -0.4 is 4.74 Å². The Morgan fingerprint density at radius 3 is 2.92 bits per heavy atom. The van der Waals surface area contributed by atoms with E-state index in [1.165, 1.54) is 27.7 Å². The van der Waals surface area contributed by atoms with Gasteiger partial charge in [0.2, 0.25) is 0 Å². The zero-order valence-corrected chi connectivity index (χ0v) is 15.2. The number of hydrogen-bond donors (Lipinski definition) is 1. The summed E-state index contributed by atoms with van der Waals surface area (Å²) in [6.45, 7) is 3.51. The molecule has 4 aliphatic heterocycles. The van der Waals surface area contributed by atoms with Gasteiger partial charge in [0.25, 0.3) is 0 Å². The van der Waals surface area contributed by atoms with Crippen LogP contribution in [-0.2, 0) is 13.5 Å². The van der Waals surface area contributed by atoms with E-state index in [-0.39, 0.29) is 0 Å². The zero-order valence-electron chi connectivity index (χ0n) is 15.2. The average molecular weight is 338 g/mol. The number of aliphatic hydroxyl groups excluding tert-OH is 1. The van der Waals surface area contributed by atoms with Gasteiger partial charge >= 0.3 is 0 Å². The molecule has 4 bridgehead atoms. The van der Waals surface area contributed by atoms with Crippen molar-refractivity contribution in [2.24, 2.45) is 18.9 Å². The van der Waals surface area contributed by atoms with Crippen molar-refractivity contribution in [1.82, 2.24) is 9.47 Å². The molecule has 0 aliphatic carbocycles. The molecule has 0 spiro atoms. The molecule has 1 aromatic heterocycles. The van der Waals surface area contributed by atoms with Crippen molar-refractivity contribution in [3.63, 3.8) is 0 Å². The van der Waals surface area contributed by atoms with Crippen LogP contribution in [0, 0.1) is 11.8 Å². The van der Waals surface area contributed by atoms with E-state index in [1.54, 1.807) is 7.11 Å². The smallest absolute Gasteiger partial charge is 0.119 e. The molecule has 5 heterocycles. The number of ether oxygens (including phenoxy) is 1. The van der Waals surface area contributed by atoms with E-state index in [9.17, 15) is 5.11 Å². The van der Waals surface area contributed by atoms with Crippen molar-refractivity contribution in [2.45, 2.75) is 31.8 Å². The number of benzene rings is 1. The molecule has 132 valence electrons. The molecule has 0 saturated carbocycles. The average Bonchev–Trinajstić information content (AvgIpc) is 2.93. The SMILES string of the molecule is C/C=C1\CN2[C@H]3C[C@@H]1[C@@H](CO)[C@@H]2Cc1c3n(C)c2ccc(OC)cc12. The minimum Gasteiger partial charge on any atom is -0.497 e. The van der Waals surface area contributed by atoms with Crippen LogP contribution in [0.3, 0.4) is 0 Å². The second-order valence-electron chi connectivity index (χ2n) is 7.82. The molecular formula is C21H26N2O2. The van der Waals surface area contributed by atoms with E-state index in [0.29, 0.717) is 30.5 Å². The number of fused-ring (bicyclic) bond motifs is 4. The fraction of sp³-hybridized carbons (Fsp3) is 0.524. The molecule has 3 saturated heterocycles. The van der Waals surface area contributed by atoms with Gasteiger partial charge in [0.1, 0.15) is 5.75 Å². The van der Waals surface area contributed by atoms with Crippen molar-refractivity contribution in [1.29, 1.82) is 0 Å². The van der Waals surface area contributed by atoms with E-state index < -0.39 is 0 Å². The normalized spacial score (nSPS) is 34.6. The number of hydrogen-bond acceptors (Lipinski definition) is 3. The molecule has 4 nitrogen and oxygen atoms in total. The quantitative estimate of drug-likeness (QED) is 0.855. The highest BCUT2D eigenvalue weighted by molar-refractivity contribution is 5.87. The van der Waals surface area contributed by atoms with Gasteiger partial charge in [0.05, 0.1) is 13.2 Å². The van der Waals surface area contributed by atoms with Gasteiger partial charge in [-0.15, -0.1) is 0 Å². The van der Waals surface area contributed by atoms with E-state index in [0.717, 1.165) is 25.1 Å². The number of nitrogens with zero attached hydrogens (tertiary/aromatic N) is 2. The van der Waals surface area contributed by atoms with Crippen LogP contribution >= 0.6 is 0 Å². The second-order valence-corrected chi connectivity index (χ2v) is 7.82. The van der Waals surface area contributed by atoms with Crippen LogP contribution in [0.5, 0.6) is 5.75 Å². The zero-order chi connectivity index (χ0) is 17.3. The highest BCUT2D eigenvalue weighted by Gasteiger charge is 2.52. The number of aryl methyl sites for hydroxylation is 1. The maximum atomic E-state index is 10.1. The fourth-order valence-corrected chi connectivity index (χ4v) is 5.86. The first-order valence-corrected chi connectivity index (χ1v) is 9.34. The highest BCUT2D eigenvalue weighted by Crippen LogP contribution is 2.54. The third kappa shape index (κ3) is 1.90. The van der Waals surface area contributed by atoms with Gasteiger partial charge in [0.15, 0.2) is 0 Å². The first-order valence-electron chi connectivity index (χ1n) is 9.34. The van der Waals surface area contributed by atoms with Gasteiger partial charge in [0, 0.05) is 48.8 Å². The summed E-state index contributed by atoms with van der Waals surface area (Å²) in [6.07, 6.45) is 4.45. The summed E-state index contributed by atoms with van der Waals surface area (Å²) in [6, 6.07) is 7.37. The summed E-state index contributed by atoms with van der Waals surface area (Å²) in [4.78, 5) is 2.66. The van der Waals surface area contributed by atoms with Crippen molar-refractivity contribution in [2.75, 3.05) is 20.3 Å². The molecule has 2 aromatic rings. The summed E-state index contributed by atoms with van der Waals surface area (Å²) in [5.41, 5.74) is 5.78. The van der Waals surface area contributed by atoms with Gasteiger partial charge in [-0.3, -0.25) is 4.90 Å². The first kappa shape index (κ1) is 15.5. The largest absolute Gasteiger partial charge is 0.497 e. The molecular weight excluding hydrogens is 312 g/mol. The number of aromatic nitrogens is 1. The second kappa shape index (κ2) is 5.36. The molecule has 4 heteroatoms. The van der Waals surface area contributed by atoms with Crippen LogP contribution in [0.15, 0.2) is 29.8 Å². The van der Waals surface area contributed by atoms with Gasteiger partial charge in [-0.25, -0.2) is 0 Å². The van der Waals surface area contributed by atoms with Crippen LogP contribution in [-0.4, -0.2) is 40.9 Å². The predicted octanol–water partition coefficient (Wildman–Crippen LogP) is 3.04. The lowest BCUT2D eigenvalue weighted by atomic mass is 9.64. The molecule has 6 rings (SSSR count). The Hall–Kier alpha value is -1.78. The van der Waals surface area contributed by atoms with Crippen molar-refractivity contribution in [3.05, 3.63) is 41.1 Å². The molecule has 5 atom stereocenters. The van der Waals surface area contributed by atoms with Gasteiger partial charge in [-0.2, -0.15) is 0 Å². The number of allylic oxidation sites excluding steroid dienone is 1. The number of aliphatic hydroxyl groups is 1. The van der Waals surface area contributed by atoms with Gasteiger partial charge in [-0.1, -0.05) is 11.6 Å². The maximum absolute atomic E-state index is 10.1. The minimum absolute atomic E-state index is 0.291. The lowest BCUT2D eigenvalue weighted by Gasteiger charge is -2.58. The molecule has 4 aliphatic rings. The summed E-state index contributed by atoms with van der Waals surface area (Å²) in [5, 5.41) is 11.4. The van der Waals surface area contributed by atoms with E-state index in [1.807, 2.05) is 0 Å². The summed E-state index contributed by atoms with van der Waals surface area (Å²) in [5.74, 6) is 1.83. The van der Waals surface area contributed by atoms with Crippen LogP contribution in [0.4, 0.5) is 0 Å². The van der Waals surface area contributed by atoms with Crippen molar-refractivity contribution < 1.29 is 9.84 Å². The molecule has 25 heavy (non-hydrogen) atoms. The molecule has 1 aromatic carbocycles. The molecule has 0 radical (unpaired) electrons. The first-order chi connectivity index (χ1) is 12.2. The van der Waals surface area contributed by atoms with Gasteiger partial charge < -0.3 is 14.4 Å². The monoisotopic (exact) mass is 338 g/mol. The lowest BCUT2D eigenvalue weighted by Crippen LogP contribution is -2.61. The summed E-state index contributed by atoms with van der Waals surface area (Å²) in [7, 11) is 3.94. The Morgan fingerprint density at radius 1 is 1.36 bits per heavy atom. The Kier molecular flexibility index (Phi) is 3.32. The third-order valence-corrected chi connectivity index (χ3v) is 7.03. The van der Waals surface area contributed by atoms with Gasteiger partial charge in [-0.05, 0) is 49.4 Å². The standard InChI is InChI=1S/C21H26N2O2/c1-4-12-10-23-19-9-16-15-7-13(25-3)5-6-18(15)22(2)21(16)20(23)8-14(12)17(19)11-24/h4-7,14,17,19-20,24H,8-11H2,1-3H3/b12-4+/t14-,17+,19-,20-/m0/s1. The van der Waals surface area contributed by atoms with Crippen LogP contribution in [0.2, 0.25) is 0 Å². The molecule has 1 N–H and O–H groups in total. The number of piperidine rings is 3. The molecule has 1 unspecified atom stereocenters. The Morgan fingerprint density at radius 2 is 2.20 bits per heavy atom. The lowest BCUT2D eigenvalue weighted by molar-refractivity contribution is -0.0513. The topological polar surface area (TPSA) is 37.6 Å².